The predicted octanol–water partition coefficient (Wildman–Crippen LogP) is 2.86. The molecule has 5 heteroatoms. The Labute approximate surface area is 129 Å². The van der Waals surface area contributed by atoms with Gasteiger partial charge in [0, 0.05) is 32.0 Å². The monoisotopic (exact) mass is 307 g/mol. The maximum atomic E-state index is 14.2. The van der Waals surface area contributed by atoms with E-state index in [0.717, 1.165) is 41.5 Å². The van der Waals surface area contributed by atoms with Crippen molar-refractivity contribution in [2.75, 3.05) is 13.1 Å². The number of halogens is 2. The van der Waals surface area contributed by atoms with Gasteiger partial charge in [-0.1, -0.05) is 36.7 Å². The van der Waals surface area contributed by atoms with Gasteiger partial charge in [0.25, 0.3) is 0 Å². The lowest BCUT2D eigenvalue weighted by molar-refractivity contribution is 0.261. The standard InChI is InChI=1S/C16H19ClFN3/c1-3-13-15(17)14(21(2)20-13)8-16(9-19-10-16)11-6-4-5-7-12(11)18/h4-7,19H,3,8-10H2,1-2H3. The number of benzene rings is 1. The van der Waals surface area contributed by atoms with Crippen LogP contribution in [0.4, 0.5) is 4.39 Å². The Kier molecular flexibility index (Phi) is 3.76. The first-order chi connectivity index (χ1) is 10.1. The Balaban J connectivity index is 1.99. The number of aryl methyl sites for hydroxylation is 2. The molecule has 2 aromatic rings. The van der Waals surface area contributed by atoms with E-state index >= 15 is 0 Å². The number of nitrogens with one attached hydrogen (secondary N) is 1. The Morgan fingerprint density at radius 2 is 2.10 bits per heavy atom. The van der Waals surface area contributed by atoms with Crippen molar-refractivity contribution in [3.63, 3.8) is 0 Å². The summed E-state index contributed by atoms with van der Waals surface area (Å²) in [6, 6.07) is 7.02. The molecule has 1 aromatic carbocycles. The Morgan fingerprint density at radius 3 is 2.62 bits per heavy atom. The molecule has 1 saturated heterocycles. The summed E-state index contributed by atoms with van der Waals surface area (Å²) in [6.45, 7) is 3.56. The summed E-state index contributed by atoms with van der Waals surface area (Å²) >= 11 is 6.45. The van der Waals surface area contributed by atoms with Crippen LogP contribution in [-0.2, 0) is 25.3 Å². The molecule has 21 heavy (non-hydrogen) atoms. The van der Waals surface area contributed by atoms with E-state index in [0.29, 0.717) is 6.42 Å². The van der Waals surface area contributed by atoms with Crippen molar-refractivity contribution >= 4 is 11.6 Å². The molecular formula is C16H19ClFN3. The third-order valence-corrected chi connectivity index (χ3v) is 4.82. The number of hydrogen-bond acceptors (Lipinski definition) is 2. The molecule has 1 aromatic heterocycles. The molecule has 112 valence electrons. The second-order valence-electron chi connectivity index (χ2n) is 5.73. The summed E-state index contributed by atoms with van der Waals surface area (Å²) < 4.78 is 16.0. The van der Waals surface area contributed by atoms with Crippen LogP contribution in [0.1, 0.15) is 23.9 Å². The quantitative estimate of drug-likeness (QED) is 0.941. The van der Waals surface area contributed by atoms with Gasteiger partial charge in [-0.3, -0.25) is 4.68 Å². The minimum Gasteiger partial charge on any atom is -0.315 e. The van der Waals surface area contributed by atoms with E-state index in [1.165, 1.54) is 6.07 Å². The molecule has 0 aliphatic carbocycles. The van der Waals surface area contributed by atoms with Crippen LogP contribution in [0.5, 0.6) is 0 Å². The average molecular weight is 308 g/mol. The largest absolute Gasteiger partial charge is 0.315 e. The second-order valence-corrected chi connectivity index (χ2v) is 6.10. The Hall–Kier alpha value is -1.39. The summed E-state index contributed by atoms with van der Waals surface area (Å²) in [4.78, 5) is 0. The highest BCUT2D eigenvalue weighted by Gasteiger charge is 2.42. The summed E-state index contributed by atoms with van der Waals surface area (Å²) in [5, 5.41) is 8.45. The summed E-state index contributed by atoms with van der Waals surface area (Å²) in [5.74, 6) is -0.145. The Bertz CT molecular complexity index is 662. The number of nitrogens with zero attached hydrogens (tertiary/aromatic N) is 2. The molecular weight excluding hydrogens is 289 g/mol. The molecule has 1 aliphatic rings. The molecule has 0 spiro atoms. The van der Waals surface area contributed by atoms with E-state index in [1.54, 1.807) is 6.07 Å². The first-order valence-corrected chi connectivity index (χ1v) is 7.61. The molecule has 0 unspecified atom stereocenters. The molecule has 0 amide bonds. The lowest BCUT2D eigenvalue weighted by Crippen LogP contribution is -2.58. The zero-order valence-corrected chi connectivity index (χ0v) is 13.0. The molecule has 2 heterocycles. The minimum absolute atomic E-state index is 0.145. The van der Waals surface area contributed by atoms with Crippen LogP contribution in [0, 0.1) is 5.82 Å². The number of rotatable bonds is 4. The van der Waals surface area contributed by atoms with Crippen LogP contribution in [0.2, 0.25) is 5.02 Å². The molecule has 1 aliphatic heterocycles. The van der Waals surface area contributed by atoms with Crippen molar-refractivity contribution in [3.05, 3.63) is 52.1 Å². The summed E-state index contributed by atoms with van der Waals surface area (Å²) in [5.41, 5.74) is 2.43. The molecule has 0 radical (unpaired) electrons. The lowest BCUT2D eigenvalue weighted by Gasteiger charge is -2.43. The molecule has 1 N–H and O–H groups in total. The predicted molar refractivity (Wildman–Crippen MR) is 82.2 cm³/mol. The first-order valence-electron chi connectivity index (χ1n) is 7.23. The lowest BCUT2D eigenvalue weighted by atomic mass is 9.71. The molecule has 0 saturated carbocycles. The van der Waals surface area contributed by atoms with Crippen LogP contribution in [-0.4, -0.2) is 22.9 Å². The zero-order chi connectivity index (χ0) is 15.0. The van der Waals surface area contributed by atoms with Gasteiger partial charge in [-0.25, -0.2) is 4.39 Å². The third kappa shape index (κ3) is 2.36. The second kappa shape index (κ2) is 5.43. The fraction of sp³-hybridized carbons (Fsp3) is 0.438. The highest BCUT2D eigenvalue weighted by atomic mass is 35.5. The van der Waals surface area contributed by atoms with Crippen molar-refractivity contribution < 1.29 is 4.39 Å². The van der Waals surface area contributed by atoms with Gasteiger partial charge < -0.3 is 5.32 Å². The van der Waals surface area contributed by atoms with E-state index in [4.69, 9.17) is 11.6 Å². The Morgan fingerprint density at radius 1 is 1.38 bits per heavy atom. The van der Waals surface area contributed by atoms with Gasteiger partial charge in [0.1, 0.15) is 5.82 Å². The summed E-state index contributed by atoms with van der Waals surface area (Å²) in [7, 11) is 1.90. The van der Waals surface area contributed by atoms with Gasteiger partial charge in [-0.05, 0) is 18.1 Å². The molecule has 3 nitrogen and oxygen atoms in total. The van der Waals surface area contributed by atoms with Crippen LogP contribution in [0.15, 0.2) is 24.3 Å². The molecule has 1 fully saturated rings. The zero-order valence-electron chi connectivity index (χ0n) is 12.3. The fourth-order valence-electron chi connectivity index (χ4n) is 3.06. The van der Waals surface area contributed by atoms with E-state index in [2.05, 4.69) is 10.4 Å². The highest BCUT2D eigenvalue weighted by Crippen LogP contribution is 2.36. The third-order valence-electron chi connectivity index (χ3n) is 4.38. The minimum atomic E-state index is -0.228. The van der Waals surface area contributed by atoms with Crippen LogP contribution < -0.4 is 5.32 Å². The van der Waals surface area contributed by atoms with Crippen molar-refractivity contribution in [3.8, 4) is 0 Å². The van der Waals surface area contributed by atoms with Gasteiger partial charge >= 0.3 is 0 Å². The van der Waals surface area contributed by atoms with Crippen molar-refractivity contribution in [1.29, 1.82) is 0 Å². The highest BCUT2D eigenvalue weighted by molar-refractivity contribution is 6.31. The summed E-state index contributed by atoms with van der Waals surface area (Å²) in [6.07, 6.45) is 1.50. The number of hydrogen-bond donors (Lipinski definition) is 1. The van der Waals surface area contributed by atoms with Crippen LogP contribution >= 0.6 is 11.6 Å². The fourth-order valence-corrected chi connectivity index (χ4v) is 3.42. The van der Waals surface area contributed by atoms with E-state index in [9.17, 15) is 4.39 Å². The normalized spacial score (nSPS) is 16.8. The smallest absolute Gasteiger partial charge is 0.127 e. The van der Waals surface area contributed by atoms with Crippen molar-refractivity contribution in [1.82, 2.24) is 15.1 Å². The van der Waals surface area contributed by atoms with Crippen LogP contribution in [0.3, 0.4) is 0 Å². The van der Waals surface area contributed by atoms with E-state index in [1.807, 2.05) is 30.8 Å². The maximum absolute atomic E-state index is 14.2. The SMILES string of the molecule is CCc1nn(C)c(CC2(c3ccccc3F)CNC2)c1Cl. The van der Waals surface area contributed by atoms with Gasteiger partial charge in [-0.2, -0.15) is 5.10 Å². The first kappa shape index (κ1) is 14.5. The van der Waals surface area contributed by atoms with Gasteiger partial charge in [0.2, 0.25) is 0 Å². The van der Waals surface area contributed by atoms with E-state index < -0.39 is 0 Å². The van der Waals surface area contributed by atoms with Gasteiger partial charge in [-0.15, -0.1) is 0 Å². The van der Waals surface area contributed by atoms with Crippen LogP contribution in [0.25, 0.3) is 0 Å². The topological polar surface area (TPSA) is 29.9 Å². The average Bonchev–Trinajstić information content (AvgIpc) is 2.70. The maximum Gasteiger partial charge on any atom is 0.127 e. The molecule has 3 rings (SSSR count). The van der Waals surface area contributed by atoms with Gasteiger partial charge in [0.15, 0.2) is 0 Å². The molecule has 0 bridgehead atoms. The van der Waals surface area contributed by atoms with Gasteiger partial charge in [0.05, 0.1) is 16.4 Å². The van der Waals surface area contributed by atoms with E-state index in [-0.39, 0.29) is 11.2 Å². The van der Waals surface area contributed by atoms with Crippen molar-refractivity contribution in [2.24, 2.45) is 7.05 Å². The van der Waals surface area contributed by atoms with Crippen molar-refractivity contribution in [2.45, 2.75) is 25.2 Å². The molecule has 0 atom stereocenters. The number of aromatic nitrogens is 2.